The predicted molar refractivity (Wildman–Crippen MR) is 68.6 cm³/mol. The number of nitrogens with zero attached hydrogens (tertiary/aromatic N) is 3. The third-order valence-corrected chi connectivity index (χ3v) is 3.55. The summed E-state index contributed by atoms with van der Waals surface area (Å²) >= 11 is 4.98. The van der Waals surface area contributed by atoms with Gasteiger partial charge in [0.25, 0.3) is 5.91 Å². The zero-order valence-electron chi connectivity index (χ0n) is 9.80. The van der Waals surface area contributed by atoms with E-state index in [-0.39, 0.29) is 11.8 Å². The fraction of sp³-hybridized carbons (Fsp3) is 0.545. The number of hydrogen-bond donors (Lipinski definition) is 1. The molecule has 1 amide bonds. The van der Waals surface area contributed by atoms with Crippen molar-refractivity contribution in [3.05, 3.63) is 18.2 Å². The number of aryl methyl sites for hydroxylation is 1. The van der Waals surface area contributed by atoms with Crippen molar-refractivity contribution in [1.82, 2.24) is 14.5 Å². The van der Waals surface area contributed by atoms with Gasteiger partial charge in [0.15, 0.2) is 0 Å². The van der Waals surface area contributed by atoms with Gasteiger partial charge in [-0.1, -0.05) is 12.2 Å². The highest BCUT2D eigenvalue weighted by Crippen LogP contribution is 2.19. The summed E-state index contributed by atoms with van der Waals surface area (Å²) in [5.41, 5.74) is 6.25. The molecule has 2 heterocycles. The summed E-state index contributed by atoms with van der Waals surface area (Å²) in [6.45, 7) is 1.43. The topological polar surface area (TPSA) is 64.2 Å². The van der Waals surface area contributed by atoms with Crippen LogP contribution < -0.4 is 5.73 Å². The maximum atomic E-state index is 12.2. The van der Waals surface area contributed by atoms with Crippen LogP contribution in [0.2, 0.25) is 0 Å². The second kappa shape index (κ2) is 4.83. The predicted octanol–water partition coefficient (Wildman–Crippen LogP) is 0.558. The number of piperidine rings is 1. The van der Waals surface area contributed by atoms with E-state index in [0.29, 0.717) is 23.8 Å². The summed E-state index contributed by atoms with van der Waals surface area (Å²) in [4.78, 5) is 18.5. The van der Waals surface area contributed by atoms with E-state index in [0.717, 1.165) is 12.8 Å². The molecule has 17 heavy (non-hydrogen) atoms. The summed E-state index contributed by atoms with van der Waals surface area (Å²) in [6.07, 6.45) is 4.95. The molecule has 1 aromatic rings. The van der Waals surface area contributed by atoms with Crippen LogP contribution in [0.25, 0.3) is 0 Å². The minimum absolute atomic E-state index is 0.0337. The molecule has 0 spiro atoms. The monoisotopic (exact) mass is 252 g/mol. The van der Waals surface area contributed by atoms with Crippen LogP contribution in [0.5, 0.6) is 0 Å². The molecule has 1 fully saturated rings. The number of nitrogens with two attached hydrogens (primary N) is 1. The van der Waals surface area contributed by atoms with E-state index in [2.05, 4.69) is 4.98 Å². The molecule has 0 saturated carbocycles. The third-order valence-electron chi connectivity index (χ3n) is 3.22. The summed E-state index contributed by atoms with van der Waals surface area (Å²) in [7, 11) is 1.82. The van der Waals surface area contributed by atoms with Crippen molar-refractivity contribution in [1.29, 1.82) is 0 Å². The molecule has 1 aliphatic rings. The number of thiocarbonyl (C=S) groups is 1. The zero-order valence-corrected chi connectivity index (χ0v) is 10.6. The Bertz CT molecular complexity index is 434. The SMILES string of the molecule is Cn1cncc1C(=O)N1CCC(C(N)=S)CC1. The van der Waals surface area contributed by atoms with Crippen LogP contribution in [0.15, 0.2) is 12.5 Å². The van der Waals surface area contributed by atoms with Crippen molar-refractivity contribution < 1.29 is 4.79 Å². The Balaban J connectivity index is 2.00. The second-order valence-electron chi connectivity index (χ2n) is 4.36. The molecule has 5 nitrogen and oxygen atoms in total. The highest BCUT2D eigenvalue weighted by atomic mass is 32.1. The normalized spacial score (nSPS) is 17.1. The Kier molecular flexibility index (Phi) is 3.42. The number of amides is 1. The molecule has 0 aliphatic carbocycles. The third kappa shape index (κ3) is 2.46. The van der Waals surface area contributed by atoms with Crippen molar-refractivity contribution >= 4 is 23.1 Å². The molecule has 0 radical (unpaired) electrons. The van der Waals surface area contributed by atoms with Gasteiger partial charge in [-0.25, -0.2) is 4.98 Å². The molecule has 92 valence electrons. The summed E-state index contributed by atoms with van der Waals surface area (Å²) in [6, 6.07) is 0. The van der Waals surface area contributed by atoms with Gasteiger partial charge in [0.05, 0.1) is 17.5 Å². The first-order chi connectivity index (χ1) is 8.09. The summed E-state index contributed by atoms with van der Waals surface area (Å²) in [5.74, 6) is 0.312. The Morgan fingerprint density at radius 1 is 1.53 bits per heavy atom. The van der Waals surface area contributed by atoms with Crippen molar-refractivity contribution in [2.45, 2.75) is 12.8 Å². The second-order valence-corrected chi connectivity index (χ2v) is 4.83. The summed E-state index contributed by atoms with van der Waals surface area (Å²) < 4.78 is 1.74. The van der Waals surface area contributed by atoms with Crippen LogP contribution >= 0.6 is 12.2 Å². The fourth-order valence-electron chi connectivity index (χ4n) is 2.09. The van der Waals surface area contributed by atoms with Gasteiger partial charge in [-0.15, -0.1) is 0 Å². The van der Waals surface area contributed by atoms with Gasteiger partial charge in [-0.2, -0.15) is 0 Å². The number of carbonyl (C=O) groups excluding carboxylic acids is 1. The molecular weight excluding hydrogens is 236 g/mol. The van der Waals surface area contributed by atoms with Gasteiger partial charge >= 0.3 is 0 Å². The maximum absolute atomic E-state index is 12.2. The van der Waals surface area contributed by atoms with Gasteiger partial charge in [-0.3, -0.25) is 4.79 Å². The van der Waals surface area contributed by atoms with E-state index in [1.54, 1.807) is 17.1 Å². The molecular formula is C11H16N4OS. The minimum atomic E-state index is 0.0337. The molecule has 1 aliphatic heterocycles. The number of aromatic nitrogens is 2. The van der Waals surface area contributed by atoms with E-state index in [4.69, 9.17) is 18.0 Å². The standard InChI is InChI=1S/C11H16N4OS/c1-14-7-13-6-9(14)11(16)15-4-2-8(3-5-15)10(12)17/h6-8H,2-5H2,1H3,(H2,12,17). The molecule has 1 saturated heterocycles. The number of carbonyl (C=O) groups is 1. The van der Waals surface area contributed by atoms with Crippen molar-refractivity contribution in [3.63, 3.8) is 0 Å². The van der Waals surface area contributed by atoms with Crippen molar-refractivity contribution in [2.75, 3.05) is 13.1 Å². The van der Waals surface area contributed by atoms with Crippen molar-refractivity contribution in [3.8, 4) is 0 Å². The van der Waals surface area contributed by atoms with E-state index >= 15 is 0 Å². The van der Waals surface area contributed by atoms with Gasteiger partial charge in [0, 0.05) is 26.1 Å². The average Bonchev–Trinajstić information content (AvgIpc) is 2.74. The average molecular weight is 252 g/mol. The smallest absolute Gasteiger partial charge is 0.272 e. The molecule has 2 N–H and O–H groups in total. The highest BCUT2D eigenvalue weighted by molar-refractivity contribution is 7.80. The van der Waals surface area contributed by atoms with Gasteiger partial charge < -0.3 is 15.2 Å². The number of imidazole rings is 1. The quantitative estimate of drug-likeness (QED) is 0.781. The van der Waals surface area contributed by atoms with Gasteiger partial charge in [0.1, 0.15) is 5.69 Å². The molecule has 0 unspecified atom stereocenters. The Labute approximate surface area is 106 Å². The lowest BCUT2D eigenvalue weighted by atomic mass is 9.97. The van der Waals surface area contributed by atoms with Crippen LogP contribution in [0.1, 0.15) is 23.3 Å². The fourth-order valence-corrected chi connectivity index (χ4v) is 2.33. The Morgan fingerprint density at radius 2 is 2.18 bits per heavy atom. The van der Waals surface area contributed by atoms with Crippen LogP contribution in [-0.4, -0.2) is 38.4 Å². The molecule has 1 aromatic heterocycles. The first-order valence-corrected chi connectivity index (χ1v) is 6.05. The van der Waals surface area contributed by atoms with Gasteiger partial charge in [-0.05, 0) is 12.8 Å². The van der Waals surface area contributed by atoms with Crippen LogP contribution in [-0.2, 0) is 7.05 Å². The molecule has 2 rings (SSSR count). The van der Waals surface area contributed by atoms with E-state index < -0.39 is 0 Å². The number of hydrogen-bond acceptors (Lipinski definition) is 3. The zero-order chi connectivity index (χ0) is 12.4. The highest BCUT2D eigenvalue weighted by Gasteiger charge is 2.25. The lowest BCUT2D eigenvalue weighted by Crippen LogP contribution is -2.41. The first kappa shape index (κ1) is 12.0. The van der Waals surface area contributed by atoms with Crippen molar-refractivity contribution in [2.24, 2.45) is 18.7 Å². The molecule has 0 aromatic carbocycles. The molecule has 6 heteroatoms. The Hall–Kier alpha value is -1.43. The van der Waals surface area contributed by atoms with Crippen LogP contribution in [0, 0.1) is 5.92 Å². The number of rotatable bonds is 2. The Morgan fingerprint density at radius 3 is 2.65 bits per heavy atom. The molecule has 0 bridgehead atoms. The maximum Gasteiger partial charge on any atom is 0.272 e. The number of likely N-dealkylation sites (tertiary alicyclic amines) is 1. The first-order valence-electron chi connectivity index (χ1n) is 5.64. The van der Waals surface area contributed by atoms with E-state index in [9.17, 15) is 4.79 Å². The lowest BCUT2D eigenvalue weighted by Gasteiger charge is -2.31. The van der Waals surface area contributed by atoms with E-state index in [1.165, 1.54) is 0 Å². The molecule has 0 atom stereocenters. The van der Waals surface area contributed by atoms with Gasteiger partial charge in [0.2, 0.25) is 0 Å². The summed E-state index contributed by atoms with van der Waals surface area (Å²) in [5, 5.41) is 0. The lowest BCUT2D eigenvalue weighted by molar-refractivity contribution is 0.0700. The minimum Gasteiger partial charge on any atom is -0.393 e. The van der Waals surface area contributed by atoms with Crippen LogP contribution in [0.3, 0.4) is 0 Å². The van der Waals surface area contributed by atoms with E-state index in [1.807, 2.05) is 11.9 Å². The largest absolute Gasteiger partial charge is 0.393 e. The van der Waals surface area contributed by atoms with Crippen LogP contribution in [0.4, 0.5) is 0 Å².